The second-order valence-corrected chi connectivity index (χ2v) is 4.35. The van der Waals surface area contributed by atoms with Gasteiger partial charge in [-0.1, -0.05) is 30.3 Å². The molecule has 0 saturated carbocycles. The lowest BCUT2D eigenvalue weighted by atomic mass is 10.2. The molecule has 0 amide bonds. The van der Waals surface area contributed by atoms with Gasteiger partial charge >= 0.3 is 6.18 Å². The number of aliphatic hydroxyl groups is 1. The molecule has 1 aliphatic heterocycles. The molecule has 0 bridgehead atoms. The van der Waals surface area contributed by atoms with Gasteiger partial charge < -0.3 is 5.11 Å². The smallest absolute Gasteiger partial charge is 0.361 e. The number of halogens is 3. The second kappa shape index (κ2) is 3.78. The summed E-state index contributed by atoms with van der Waals surface area (Å²) in [6.07, 6.45) is -4.73. The summed E-state index contributed by atoms with van der Waals surface area (Å²) in [5.41, 5.74) is -2.35. The molecule has 6 heteroatoms. The van der Waals surface area contributed by atoms with Gasteiger partial charge in [0, 0.05) is 5.56 Å². The van der Waals surface area contributed by atoms with Crippen LogP contribution < -0.4 is 0 Å². The van der Waals surface area contributed by atoms with Crippen LogP contribution >= 0.6 is 11.8 Å². The summed E-state index contributed by atoms with van der Waals surface area (Å²) < 4.78 is 37.4. The van der Waals surface area contributed by atoms with Gasteiger partial charge in [-0.3, -0.25) is 0 Å². The van der Waals surface area contributed by atoms with Crippen LogP contribution in [0.2, 0.25) is 0 Å². The number of nitrogens with zero attached hydrogens (tertiary/aromatic N) is 1. The van der Waals surface area contributed by atoms with E-state index >= 15 is 0 Å². The lowest BCUT2D eigenvalue weighted by molar-refractivity contribution is -0.245. The maximum Gasteiger partial charge on any atom is 0.439 e. The molecule has 0 saturated heterocycles. The molecule has 0 radical (unpaired) electrons. The van der Waals surface area contributed by atoms with E-state index in [1.165, 1.54) is 0 Å². The molecule has 16 heavy (non-hydrogen) atoms. The van der Waals surface area contributed by atoms with Crippen LogP contribution in [0.1, 0.15) is 5.56 Å². The summed E-state index contributed by atoms with van der Waals surface area (Å²) in [5, 5.41) is 9.55. The number of hydrogen-bond acceptors (Lipinski definition) is 3. The molecular formula is C10H8F3NOS. The van der Waals surface area contributed by atoms with E-state index in [0.29, 0.717) is 5.56 Å². The topological polar surface area (TPSA) is 32.6 Å². The molecule has 1 heterocycles. The highest BCUT2D eigenvalue weighted by Gasteiger charge is 2.56. The first-order valence-corrected chi connectivity index (χ1v) is 5.48. The molecule has 0 aliphatic carbocycles. The third-order valence-corrected chi connectivity index (χ3v) is 3.32. The van der Waals surface area contributed by atoms with Gasteiger partial charge in [-0.25, -0.2) is 4.99 Å². The molecule has 1 unspecified atom stereocenters. The van der Waals surface area contributed by atoms with E-state index in [-0.39, 0.29) is 5.04 Å². The van der Waals surface area contributed by atoms with Crippen molar-refractivity contribution in [2.75, 3.05) is 5.75 Å². The van der Waals surface area contributed by atoms with Crippen molar-refractivity contribution in [1.29, 1.82) is 0 Å². The van der Waals surface area contributed by atoms with Crippen molar-refractivity contribution in [1.82, 2.24) is 0 Å². The van der Waals surface area contributed by atoms with Gasteiger partial charge in [0.15, 0.2) is 0 Å². The first-order chi connectivity index (χ1) is 7.42. The predicted octanol–water partition coefficient (Wildman–Crippen LogP) is 2.43. The largest absolute Gasteiger partial charge is 0.439 e. The Bertz CT molecular complexity index is 418. The first kappa shape index (κ1) is 11.5. The van der Waals surface area contributed by atoms with Crippen LogP contribution in [0.15, 0.2) is 35.3 Å². The standard InChI is InChI=1S/C10H8F3NOS/c11-10(12,13)9(15)6-16-8(14-9)7-4-2-1-3-5-7/h1-5,15H,6H2. The fraction of sp³-hybridized carbons (Fsp3) is 0.300. The number of alkyl halides is 3. The van der Waals surface area contributed by atoms with Crippen molar-refractivity contribution in [3.8, 4) is 0 Å². The zero-order chi connectivity index (χ0) is 11.8. The lowest BCUT2D eigenvalue weighted by Crippen LogP contribution is -2.43. The van der Waals surface area contributed by atoms with Crippen molar-refractivity contribution in [3.63, 3.8) is 0 Å². The van der Waals surface area contributed by atoms with Crippen molar-refractivity contribution in [2.24, 2.45) is 4.99 Å². The summed E-state index contributed by atoms with van der Waals surface area (Å²) in [7, 11) is 0. The van der Waals surface area contributed by atoms with Crippen molar-refractivity contribution < 1.29 is 18.3 Å². The normalized spacial score (nSPS) is 25.6. The third-order valence-electron chi connectivity index (χ3n) is 2.17. The van der Waals surface area contributed by atoms with E-state index in [1.54, 1.807) is 30.3 Å². The number of thioether (sulfide) groups is 1. The summed E-state index contributed by atoms with van der Waals surface area (Å²) in [6.45, 7) is 0. The Balaban J connectivity index is 2.32. The van der Waals surface area contributed by atoms with Gasteiger partial charge in [-0.2, -0.15) is 13.2 Å². The minimum atomic E-state index is -4.73. The van der Waals surface area contributed by atoms with Crippen molar-refractivity contribution >= 4 is 16.8 Å². The number of rotatable bonds is 1. The van der Waals surface area contributed by atoms with Gasteiger partial charge in [-0.15, -0.1) is 11.8 Å². The molecule has 2 rings (SSSR count). The minimum absolute atomic E-state index is 0.223. The molecule has 0 aromatic heterocycles. The highest BCUT2D eigenvalue weighted by Crippen LogP contribution is 2.40. The minimum Gasteiger partial charge on any atom is -0.361 e. The summed E-state index contributed by atoms with van der Waals surface area (Å²) in [6, 6.07) is 8.51. The Morgan fingerprint density at radius 2 is 1.88 bits per heavy atom. The van der Waals surface area contributed by atoms with Gasteiger partial charge in [0.05, 0.1) is 5.75 Å². The number of aliphatic imine (C=N–C) groups is 1. The molecule has 0 fully saturated rings. The molecule has 2 nitrogen and oxygen atoms in total. The van der Waals surface area contributed by atoms with Crippen LogP contribution in [0.3, 0.4) is 0 Å². The van der Waals surface area contributed by atoms with Crippen LogP contribution in [-0.2, 0) is 0 Å². The lowest BCUT2D eigenvalue weighted by Gasteiger charge is -2.21. The maximum absolute atomic E-state index is 12.5. The molecule has 1 N–H and O–H groups in total. The number of benzene rings is 1. The Kier molecular flexibility index (Phi) is 2.71. The zero-order valence-electron chi connectivity index (χ0n) is 8.03. The fourth-order valence-corrected chi connectivity index (χ4v) is 2.36. The van der Waals surface area contributed by atoms with Gasteiger partial charge in [0.2, 0.25) is 0 Å². The van der Waals surface area contributed by atoms with Crippen LogP contribution in [0.4, 0.5) is 13.2 Å². The Morgan fingerprint density at radius 3 is 2.38 bits per heavy atom. The van der Waals surface area contributed by atoms with Gasteiger partial charge in [0.1, 0.15) is 5.04 Å². The summed E-state index contributed by atoms with van der Waals surface area (Å²) >= 11 is 0.909. The van der Waals surface area contributed by atoms with Gasteiger partial charge in [0.25, 0.3) is 5.72 Å². The predicted molar refractivity (Wildman–Crippen MR) is 56.4 cm³/mol. The molecular weight excluding hydrogens is 239 g/mol. The van der Waals surface area contributed by atoms with Gasteiger partial charge in [-0.05, 0) is 0 Å². The zero-order valence-corrected chi connectivity index (χ0v) is 8.85. The highest BCUT2D eigenvalue weighted by molar-refractivity contribution is 8.14. The average molecular weight is 247 g/mol. The van der Waals surface area contributed by atoms with Crippen LogP contribution in [0.25, 0.3) is 0 Å². The molecule has 1 aromatic rings. The Hall–Kier alpha value is -1.01. The van der Waals surface area contributed by atoms with E-state index < -0.39 is 17.7 Å². The quantitative estimate of drug-likeness (QED) is 0.826. The Morgan fingerprint density at radius 1 is 1.25 bits per heavy atom. The van der Waals surface area contributed by atoms with Crippen LogP contribution in [0.5, 0.6) is 0 Å². The van der Waals surface area contributed by atoms with E-state index in [2.05, 4.69) is 4.99 Å². The highest BCUT2D eigenvalue weighted by atomic mass is 32.2. The van der Waals surface area contributed by atoms with E-state index in [0.717, 1.165) is 11.8 Å². The molecule has 1 aliphatic rings. The SMILES string of the molecule is OC1(C(F)(F)F)CSC(c2ccccc2)=N1. The molecule has 1 aromatic carbocycles. The average Bonchev–Trinajstić information content (AvgIpc) is 2.63. The summed E-state index contributed by atoms with van der Waals surface area (Å²) in [4.78, 5) is 3.37. The fourth-order valence-electron chi connectivity index (χ4n) is 1.28. The van der Waals surface area contributed by atoms with Crippen LogP contribution in [0, 0.1) is 0 Å². The van der Waals surface area contributed by atoms with E-state index in [1.807, 2.05) is 0 Å². The van der Waals surface area contributed by atoms with E-state index in [9.17, 15) is 18.3 Å². The van der Waals surface area contributed by atoms with Crippen molar-refractivity contribution in [2.45, 2.75) is 11.9 Å². The van der Waals surface area contributed by atoms with E-state index in [4.69, 9.17) is 0 Å². The molecule has 86 valence electrons. The first-order valence-electron chi connectivity index (χ1n) is 4.49. The van der Waals surface area contributed by atoms with Crippen LogP contribution in [-0.4, -0.2) is 27.8 Å². The second-order valence-electron chi connectivity index (χ2n) is 3.39. The molecule has 0 spiro atoms. The monoisotopic (exact) mass is 247 g/mol. The number of hydrogen-bond donors (Lipinski definition) is 1. The Labute approximate surface area is 94.2 Å². The maximum atomic E-state index is 12.5. The summed E-state index contributed by atoms with van der Waals surface area (Å²) in [5.74, 6) is -0.485. The van der Waals surface area contributed by atoms with Crippen molar-refractivity contribution in [3.05, 3.63) is 35.9 Å². The molecule has 1 atom stereocenters. The third kappa shape index (κ3) is 1.94.